The predicted molar refractivity (Wildman–Crippen MR) is 86.6 cm³/mol. The van der Waals surface area contributed by atoms with Gasteiger partial charge in [-0.2, -0.15) is 0 Å². The van der Waals surface area contributed by atoms with Crippen molar-refractivity contribution in [2.75, 3.05) is 19.6 Å². The van der Waals surface area contributed by atoms with E-state index >= 15 is 0 Å². The summed E-state index contributed by atoms with van der Waals surface area (Å²) in [4.78, 5) is 2.72. The molecule has 1 saturated carbocycles. The van der Waals surface area contributed by atoms with Gasteiger partial charge in [-0.1, -0.05) is 33.1 Å². The molecule has 0 aromatic heterocycles. The Kier molecular flexibility index (Phi) is 6.39. The highest BCUT2D eigenvalue weighted by atomic mass is 15.2. The van der Waals surface area contributed by atoms with Gasteiger partial charge in [0.2, 0.25) is 0 Å². The minimum absolute atomic E-state index is 0.688. The molecule has 1 aliphatic carbocycles. The van der Waals surface area contributed by atoms with E-state index in [1.807, 2.05) is 0 Å². The third-order valence-corrected chi connectivity index (χ3v) is 5.24. The van der Waals surface area contributed by atoms with E-state index in [-0.39, 0.29) is 0 Å². The molecule has 0 bridgehead atoms. The van der Waals surface area contributed by atoms with Gasteiger partial charge in [0.25, 0.3) is 0 Å². The summed E-state index contributed by atoms with van der Waals surface area (Å²) in [5, 5.41) is 3.86. The van der Waals surface area contributed by atoms with Crippen molar-refractivity contribution >= 4 is 0 Å². The van der Waals surface area contributed by atoms with Crippen LogP contribution in [-0.2, 0) is 0 Å². The first-order valence-electron chi connectivity index (χ1n) is 8.63. The van der Waals surface area contributed by atoms with Crippen LogP contribution in [-0.4, -0.2) is 36.6 Å². The Bertz CT molecular complexity index is 312. The Morgan fingerprint density at radius 3 is 2.65 bits per heavy atom. The fraction of sp³-hybridized carbons (Fsp3) is 0.889. The van der Waals surface area contributed by atoms with Gasteiger partial charge in [0.15, 0.2) is 0 Å². The number of piperazine rings is 1. The van der Waals surface area contributed by atoms with Gasteiger partial charge in [-0.3, -0.25) is 4.90 Å². The van der Waals surface area contributed by atoms with E-state index < -0.39 is 0 Å². The molecule has 0 amide bonds. The molecule has 2 fully saturated rings. The summed E-state index contributed by atoms with van der Waals surface area (Å²) in [7, 11) is 0. The normalized spacial score (nSPS) is 29.5. The number of terminal acetylenes is 1. The minimum Gasteiger partial charge on any atom is -0.311 e. The predicted octanol–water partition coefficient (Wildman–Crippen LogP) is 3.28. The molecule has 2 unspecified atom stereocenters. The van der Waals surface area contributed by atoms with Gasteiger partial charge in [-0.15, -0.1) is 12.3 Å². The summed E-state index contributed by atoms with van der Waals surface area (Å²) in [6.07, 6.45) is 14.7. The Labute approximate surface area is 125 Å². The molecule has 2 rings (SSSR count). The number of hydrogen-bond donors (Lipinski definition) is 1. The average molecular weight is 276 g/mol. The summed E-state index contributed by atoms with van der Waals surface area (Å²) in [5.41, 5.74) is 0. The molecule has 0 aromatic carbocycles. The van der Waals surface area contributed by atoms with Gasteiger partial charge < -0.3 is 5.32 Å². The molecule has 2 nitrogen and oxygen atoms in total. The first kappa shape index (κ1) is 15.9. The van der Waals surface area contributed by atoms with Gasteiger partial charge in [0.1, 0.15) is 0 Å². The average Bonchev–Trinajstić information content (AvgIpc) is 2.48. The van der Waals surface area contributed by atoms with Crippen molar-refractivity contribution in [3.63, 3.8) is 0 Å². The highest BCUT2D eigenvalue weighted by Crippen LogP contribution is 2.29. The Balaban J connectivity index is 1.90. The topological polar surface area (TPSA) is 15.3 Å². The second-order valence-electron chi connectivity index (χ2n) is 7.03. The number of unbranched alkanes of at least 4 members (excludes halogenated alkanes) is 1. The molecular formula is C18H32N2. The molecule has 1 heterocycles. The molecule has 2 atom stereocenters. The summed E-state index contributed by atoms with van der Waals surface area (Å²) >= 11 is 0. The van der Waals surface area contributed by atoms with Crippen LogP contribution in [0, 0.1) is 24.2 Å². The van der Waals surface area contributed by atoms with Crippen molar-refractivity contribution < 1.29 is 0 Å². The fourth-order valence-corrected chi connectivity index (χ4v) is 4.00. The van der Waals surface area contributed by atoms with Crippen molar-refractivity contribution in [3.05, 3.63) is 0 Å². The highest BCUT2D eigenvalue weighted by molar-refractivity contribution is 4.92. The third kappa shape index (κ3) is 4.24. The molecule has 1 N–H and O–H groups in total. The maximum Gasteiger partial charge on any atom is 0.0244 e. The van der Waals surface area contributed by atoms with E-state index in [0.29, 0.717) is 6.04 Å². The molecule has 114 valence electrons. The highest BCUT2D eigenvalue weighted by Gasteiger charge is 2.33. The smallest absolute Gasteiger partial charge is 0.0244 e. The second kappa shape index (κ2) is 8.05. The molecule has 0 spiro atoms. The minimum atomic E-state index is 0.688. The van der Waals surface area contributed by atoms with E-state index in [4.69, 9.17) is 6.42 Å². The van der Waals surface area contributed by atoms with Crippen LogP contribution < -0.4 is 5.32 Å². The fourth-order valence-electron chi connectivity index (χ4n) is 4.00. The molecular weight excluding hydrogens is 244 g/mol. The summed E-state index contributed by atoms with van der Waals surface area (Å²) in [6.45, 7) is 8.27. The van der Waals surface area contributed by atoms with E-state index in [1.54, 1.807) is 0 Å². The van der Waals surface area contributed by atoms with E-state index in [0.717, 1.165) is 37.3 Å². The van der Waals surface area contributed by atoms with E-state index in [2.05, 4.69) is 30.0 Å². The zero-order valence-corrected chi connectivity index (χ0v) is 13.4. The lowest BCUT2D eigenvalue weighted by atomic mass is 9.82. The molecule has 2 heteroatoms. The standard InChI is InChI=1S/C18H32N2/c1-4-5-9-12-20-14-17(16-10-7-6-8-11-16)19-13-18(20)15(2)3/h1,15-19H,5-14H2,2-3H3. The zero-order valence-electron chi connectivity index (χ0n) is 13.4. The summed E-state index contributed by atoms with van der Waals surface area (Å²) < 4.78 is 0. The second-order valence-corrected chi connectivity index (χ2v) is 7.03. The molecule has 0 radical (unpaired) electrons. The lowest BCUT2D eigenvalue weighted by Crippen LogP contribution is -2.60. The van der Waals surface area contributed by atoms with Gasteiger partial charge in [-0.05, 0) is 37.6 Å². The largest absolute Gasteiger partial charge is 0.311 e. The van der Waals surface area contributed by atoms with Crippen molar-refractivity contribution in [2.45, 2.75) is 70.9 Å². The van der Waals surface area contributed by atoms with Crippen molar-refractivity contribution in [2.24, 2.45) is 11.8 Å². The number of nitrogens with one attached hydrogen (secondary N) is 1. The molecule has 0 aromatic rings. The van der Waals surface area contributed by atoms with E-state index in [1.165, 1.54) is 45.2 Å². The molecule has 2 aliphatic rings. The quantitative estimate of drug-likeness (QED) is 0.612. The van der Waals surface area contributed by atoms with Gasteiger partial charge in [-0.25, -0.2) is 0 Å². The maximum atomic E-state index is 5.40. The first-order chi connectivity index (χ1) is 9.72. The number of hydrogen-bond acceptors (Lipinski definition) is 2. The Hall–Kier alpha value is -0.520. The van der Waals surface area contributed by atoms with E-state index in [9.17, 15) is 0 Å². The number of rotatable bonds is 5. The van der Waals surface area contributed by atoms with Crippen LogP contribution in [0.1, 0.15) is 58.8 Å². The van der Waals surface area contributed by atoms with Crippen molar-refractivity contribution in [3.8, 4) is 12.3 Å². The SMILES string of the molecule is C#CCCCN1CC(C2CCCCC2)NCC1C(C)C. The van der Waals surface area contributed by atoms with Crippen LogP contribution in [0.3, 0.4) is 0 Å². The lowest BCUT2D eigenvalue weighted by molar-refractivity contribution is 0.0716. The molecule has 1 aliphatic heterocycles. The van der Waals surface area contributed by atoms with Gasteiger partial charge in [0.05, 0.1) is 0 Å². The monoisotopic (exact) mass is 276 g/mol. The Morgan fingerprint density at radius 2 is 2.00 bits per heavy atom. The summed E-state index contributed by atoms with van der Waals surface area (Å²) in [5.74, 6) is 4.42. The van der Waals surface area contributed by atoms with Crippen LogP contribution in [0.4, 0.5) is 0 Å². The van der Waals surface area contributed by atoms with Crippen molar-refractivity contribution in [1.29, 1.82) is 0 Å². The van der Waals surface area contributed by atoms with Crippen LogP contribution in [0.5, 0.6) is 0 Å². The third-order valence-electron chi connectivity index (χ3n) is 5.24. The van der Waals surface area contributed by atoms with Gasteiger partial charge in [0, 0.05) is 31.6 Å². The van der Waals surface area contributed by atoms with Crippen LogP contribution in [0.25, 0.3) is 0 Å². The molecule has 20 heavy (non-hydrogen) atoms. The van der Waals surface area contributed by atoms with Crippen LogP contribution in [0.15, 0.2) is 0 Å². The van der Waals surface area contributed by atoms with Crippen molar-refractivity contribution in [1.82, 2.24) is 10.2 Å². The van der Waals surface area contributed by atoms with Crippen LogP contribution >= 0.6 is 0 Å². The lowest BCUT2D eigenvalue weighted by Gasteiger charge is -2.45. The van der Waals surface area contributed by atoms with Crippen LogP contribution in [0.2, 0.25) is 0 Å². The Morgan fingerprint density at radius 1 is 1.25 bits per heavy atom. The maximum absolute atomic E-state index is 5.40. The first-order valence-corrected chi connectivity index (χ1v) is 8.63. The summed E-state index contributed by atoms with van der Waals surface area (Å²) in [6, 6.07) is 1.41. The zero-order chi connectivity index (χ0) is 14.4. The van der Waals surface area contributed by atoms with Gasteiger partial charge >= 0.3 is 0 Å². The number of nitrogens with zero attached hydrogens (tertiary/aromatic N) is 1. The molecule has 1 saturated heterocycles.